The average molecular weight is 641 g/mol. The highest BCUT2D eigenvalue weighted by atomic mass is 16.3. The Morgan fingerprint density at radius 3 is 1.64 bits per heavy atom. The molecule has 3 aromatic heterocycles. The van der Waals surface area contributed by atoms with Crippen LogP contribution in [0.4, 0.5) is 0 Å². The average Bonchev–Trinajstić information content (AvgIpc) is 3.74. The van der Waals surface area contributed by atoms with Gasteiger partial charge in [-0.05, 0) is 59.7 Å². The first-order chi connectivity index (χ1) is 24.8. The molecule has 0 aliphatic rings. The quantitative estimate of drug-likeness (QED) is 0.188. The van der Waals surface area contributed by atoms with Crippen LogP contribution in [0.25, 0.3) is 94.7 Å². The lowest BCUT2D eigenvalue weighted by molar-refractivity contribution is 0.669. The molecular formula is C45H28N4O. The van der Waals surface area contributed by atoms with Gasteiger partial charge in [0.05, 0.1) is 22.1 Å². The first-order valence-corrected chi connectivity index (χ1v) is 16.7. The van der Waals surface area contributed by atoms with E-state index in [0.717, 1.165) is 71.7 Å². The van der Waals surface area contributed by atoms with Gasteiger partial charge in [0.2, 0.25) is 0 Å². The van der Waals surface area contributed by atoms with Gasteiger partial charge < -0.3 is 8.98 Å². The second-order valence-corrected chi connectivity index (χ2v) is 12.5. The van der Waals surface area contributed by atoms with E-state index in [-0.39, 0.29) is 0 Å². The largest absolute Gasteiger partial charge is 0.456 e. The van der Waals surface area contributed by atoms with Crippen LogP contribution in [0.1, 0.15) is 0 Å². The van der Waals surface area contributed by atoms with Crippen LogP contribution >= 0.6 is 0 Å². The van der Waals surface area contributed by atoms with Crippen molar-refractivity contribution in [3.63, 3.8) is 0 Å². The Morgan fingerprint density at radius 2 is 0.940 bits per heavy atom. The maximum Gasteiger partial charge on any atom is 0.164 e. The van der Waals surface area contributed by atoms with Crippen LogP contribution in [-0.2, 0) is 0 Å². The second kappa shape index (κ2) is 11.4. The smallest absolute Gasteiger partial charge is 0.164 e. The van der Waals surface area contributed by atoms with E-state index in [0.29, 0.717) is 17.5 Å². The molecule has 5 nitrogen and oxygen atoms in total. The first kappa shape index (κ1) is 28.2. The molecule has 5 heteroatoms. The number of aromatic nitrogens is 4. The van der Waals surface area contributed by atoms with Gasteiger partial charge in [0.1, 0.15) is 11.2 Å². The third kappa shape index (κ3) is 4.60. The van der Waals surface area contributed by atoms with E-state index in [4.69, 9.17) is 19.4 Å². The molecule has 0 unspecified atom stereocenters. The minimum absolute atomic E-state index is 0.633. The van der Waals surface area contributed by atoms with E-state index in [1.165, 1.54) is 5.56 Å². The molecular weight excluding hydrogens is 613 g/mol. The van der Waals surface area contributed by atoms with Gasteiger partial charge in [-0.15, -0.1) is 0 Å². The third-order valence-electron chi connectivity index (χ3n) is 9.45. The summed E-state index contributed by atoms with van der Waals surface area (Å²) in [5.41, 5.74) is 10.1. The van der Waals surface area contributed by atoms with Crippen LogP contribution in [0.15, 0.2) is 174 Å². The van der Waals surface area contributed by atoms with Gasteiger partial charge in [0.15, 0.2) is 17.5 Å². The Morgan fingerprint density at radius 1 is 0.360 bits per heavy atom. The van der Waals surface area contributed by atoms with Crippen LogP contribution in [0.2, 0.25) is 0 Å². The fraction of sp³-hybridized carbons (Fsp3) is 0. The second-order valence-electron chi connectivity index (χ2n) is 12.5. The first-order valence-electron chi connectivity index (χ1n) is 16.7. The predicted molar refractivity (Wildman–Crippen MR) is 203 cm³/mol. The van der Waals surface area contributed by atoms with Gasteiger partial charge >= 0.3 is 0 Å². The minimum atomic E-state index is 0.633. The molecule has 0 saturated heterocycles. The third-order valence-corrected chi connectivity index (χ3v) is 9.45. The Kier molecular flexibility index (Phi) is 6.42. The topological polar surface area (TPSA) is 56.7 Å². The zero-order valence-corrected chi connectivity index (χ0v) is 26.9. The molecule has 0 aliphatic carbocycles. The van der Waals surface area contributed by atoms with E-state index in [2.05, 4.69) is 108 Å². The monoisotopic (exact) mass is 640 g/mol. The SMILES string of the molecule is c1ccc(-c2ccc3c(c2)oc2cccc(-n4c5ccccc5c5cc(-c6nc(-c7ccccc7)nc(-c7ccccc7)n6)ccc54)c23)cc1. The number of fused-ring (bicyclic) bond motifs is 6. The fourth-order valence-corrected chi connectivity index (χ4v) is 7.11. The van der Waals surface area contributed by atoms with Crippen molar-refractivity contribution >= 4 is 43.7 Å². The zero-order chi connectivity index (χ0) is 33.0. The maximum absolute atomic E-state index is 6.51. The molecule has 0 N–H and O–H groups in total. The standard InChI is InChI=1S/C45H28N4O/c1-4-13-29(14-5-1)32-23-25-35-41(28-32)50-40-22-12-21-39(42(35)40)49-37-20-11-10-19-34(37)36-27-33(24-26-38(36)49)45-47-43(30-15-6-2-7-16-30)46-44(48-45)31-17-8-3-9-18-31/h1-28H. The van der Waals surface area contributed by atoms with Gasteiger partial charge in [-0.2, -0.15) is 0 Å². The number of rotatable bonds is 5. The van der Waals surface area contributed by atoms with E-state index in [1.807, 2.05) is 66.7 Å². The van der Waals surface area contributed by atoms with Crippen molar-refractivity contribution in [1.82, 2.24) is 19.5 Å². The van der Waals surface area contributed by atoms with Crippen molar-refractivity contribution in [1.29, 1.82) is 0 Å². The van der Waals surface area contributed by atoms with Crippen LogP contribution in [0.3, 0.4) is 0 Å². The number of furan rings is 1. The summed E-state index contributed by atoms with van der Waals surface area (Å²) in [6, 6.07) is 58.5. The van der Waals surface area contributed by atoms with Crippen LogP contribution < -0.4 is 0 Å². The molecule has 0 saturated carbocycles. The van der Waals surface area contributed by atoms with Crippen molar-refractivity contribution in [3.05, 3.63) is 170 Å². The van der Waals surface area contributed by atoms with Crippen LogP contribution in [-0.4, -0.2) is 19.5 Å². The number of nitrogens with zero attached hydrogens (tertiary/aromatic N) is 4. The summed E-state index contributed by atoms with van der Waals surface area (Å²) >= 11 is 0. The molecule has 10 aromatic rings. The summed E-state index contributed by atoms with van der Waals surface area (Å²) in [5, 5.41) is 4.45. The van der Waals surface area contributed by atoms with Crippen LogP contribution in [0, 0.1) is 0 Å². The summed E-state index contributed by atoms with van der Waals surface area (Å²) < 4.78 is 8.87. The van der Waals surface area contributed by atoms with E-state index in [9.17, 15) is 0 Å². The fourth-order valence-electron chi connectivity index (χ4n) is 7.11. The molecule has 0 bridgehead atoms. The highest BCUT2D eigenvalue weighted by Crippen LogP contribution is 2.40. The molecule has 0 spiro atoms. The summed E-state index contributed by atoms with van der Waals surface area (Å²) in [4.78, 5) is 14.9. The number of para-hydroxylation sites is 1. The van der Waals surface area contributed by atoms with Gasteiger partial charge in [-0.1, -0.05) is 121 Å². The number of benzene rings is 7. The van der Waals surface area contributed by atoms with Crippen molar-refractivity contribution in [2.24, 2.45) is 0 Å². The molecule has 0 amide bonds. The minimum Gasteiger partial charge on any atom is -0.456 e. The van der Waals surface area contributed by atoms with Crippen molar-refractivity contribution in [2.45, 2.75) is 0 Å². The zero-order valence-electron chi connectivity index (χ0n) is 26.9. The number of hydrogen-bond acceptors (Lipinski definition) is 4. The maximum atomic E-state index is 6.51. The summed E-state index contributed by atoms with van der Waals surface area (Å²) in [7, 11) is 0. The lowest BCUT2D eigenvalue weighted by Crippen LogP contribution is -2.00. The summed E-state index contributed by atoms with van der Waals surface area (Å²) in [6.07, 6.45) is 0. The molecule has 50 heavy (non-hydrogen) atoms. The van der Waals surface area contributed by atoms with E-state index < -0.39 is 0 Å². The lowest BCUT2D eigenvalue weighted by Gasteiger charge is -2.11. The normalized spacial score (nSPS) is 11.6. The molecule has 0 aliphatic heterocycles. The molecule has 7 aromatic carbocycles. The Balaban J connectivity index is 1.18. The molecule has 0 fully saturated rings. The van der Waals surface area contributed by atoms with E-state index in [1.54, 1.807) is 0 Å². The molecule has 3 heterocycles. The summed E-state index contributed by atoms with van der Waals surface area (Å²) in [6.45, 7) is 0. The van der Waals surface area contributed by atoms with E-state index >= 15 is 0 Å². The molecule has 234 valence electrons. The molecule has 0 atom stereocenters. The highest BCUT2D eigenvalue weighted by molar-refractivity contribution is 6.15. The van der Waals surface area contributed by atoms with Crippen LogP contribution in [0.5, 0.6) is 0 Å². The van der Waals surface area contributed by atoms with Crippen molar-refractivity contribution < 1.29 is 4.42 Å². The Labute approximate surface area is 287 Å². The van der Waals surface area contributed by atoms with Gasteiger partial charge in [0, 0.05) is 32.8 Å². The van der Waals surface area contributed by atoms with Crippen molar-refractivity contribution in [2.75, 3.05) is 0 Å². The lowest BCUT2D eigenvalue weighted by atomic mass is 10.0. The van der Waals surface area contributed by atoms with Crippen molar-refractivity contribution in [3.8, 4) is 51.0 Å². The van der Waals surface area contributed by atoms with Gasteiger partial charge in [-0.25, -0.2) is 15.0 Å². The predicted octanol–water partition coefficient (Wildman–Crippen LogP) is 11.5. The van der Waals surface area contributed by atoms with Gasteiger partial charge in [-0.3, -0.25) is 0 Å². The molecule has 10 rings (SSSR count). The Bertz CT molecular complexity index is 2800. The number of hydrogen-bond donors (Lipinski definition) is 0. The van der Waals surface area contributed by atoms with Gasteiger partial charge in [0.25, 0.3) is 0 Å². The summed E-state index contributed by atoms with van der Waals surface area (Å²) in [5.74, 6) is 1.92. The highest BCUT2D eigenvalue weighted by Gasteiger charge is 2.20. The Hall–Kier alpha value is -6.85. The molecule has 0 radical (unpaired) electrons.